The number of rotatable bonds is 2. The van der Waals surface area contributed by atoms with Crippen LogP contribution in [0.1, 0.15) is 44.9 Å². The Morgan fingerprint density at radius 3 is 2.08 bits per heavy atom. The van der Waals surface area contributed by atoms with Crippen LogP contribution in [-0.4, -0.2) is 12.6 Å². The van der Waals surface area contributed by atoms with Crippen LogP contribution in [0, 0.1) is 17.8 Å². The first kappa shape index (κ1) is 8.28. The average Bonchev–Trinajstić information content (AvgIpc) is 2.88. The fraction of sp³-hybridized carbons (Fsp3) is 1.00. The Labute approximate surface area is 81.3 Å². The van der Waals surface area contributed by atoms with E-state index in [1.165, 1.54) is 51.5 Å². The Kier molecular flexibility index (Phi) is 2.08. The fourth-order valence-electron chi connectivity index (χ4n) is 3.38. The highest BCUT2D eigenvalue weighted by Crippen LogP contribution is 2.44. The maximum Gasteiger partial charge on any atom is 0.0138 e. The lowest BCUT2D eigenvalue weighted by atomic mass is 9.71. The minimum absolute atomic E-state index is 0.947. The monoisotopic (exact) mass is 179 g/mol. The average molecular weight is 179 g/mol. The predicted octanol–water partition coefficient (Wildman–Crippen LogP) is 2.56. The van der Waals surface area contributed by atoms with Gasteiger partial charge in [-0.2, -0.15) is 0 Å². The highest BCUT2D eigenvalue weighted by atomic mass is 15.0. The van der Waals surface area contributed by atoms with Gasteiger partial charge in [0.05, 0.1) is 0 Å². The van der Waals surface area contributed by atoms with Gasteiger partial charge in [-0.1, -0.05) is 32.1 Å². The van der Waals surface area contributed by atoms with E-state index >= 15 is 0 Å². The van der Waals surface area contributed by atoms with E-state index in [0.29, 0.717) is 0 Å². The van der Waals surface area contributed by atoms with Crippen LogP contribution >= 0.6 is 0 Å². The number of hydrogen-bond donors (Lipinski definition) is 1. The molecule has 74 valence electrons. The fourth-order valence-corrected chi connectivity index (χ4v) is 3.38. The van der Waals surface area contributed by atoms with Crippen molar-refractivity contribution in [3.63, 3.8) is 0 Å². The quantitative estimate of drug-likeness (QED) is 0.687. The summed E-state index contributed by atoms with van der Waals surface area (Å²) in [7, 11) is 0. The minimum Gasteiger partial charge on any atom is -0.313 e. The zero-order valence-corrected chi connectivity index (χ0v) is 8.47. The van der Waals surface area contributed by atoms with Crippen LogP contribution in [0.3, 0.4) is 0 Å². The molecule has 1 saturated heterocycles. The molecule has 0 bridgehead atoms. The van der Waals surface area contributed by atoms with E-state index in [1.807, 2.05) is 0 Å². The van der Waals surface area contributed by atoms with E-state index in [2.05, 4.69) is 5.32 Å². The molecule has 0 spiro atoms. The van der Waals surface area contributed by atoms with Crippen molar-refractivity contribution in [2.75, 3.05) is 6.54 Å². The second-order valence-electron chi connectivity index (χ2n) is 5.33. The maximum atomic E-state index is 3.65. The van der Waals surface area contributed by atoms with E-state index in [0.717, 1.165) is 23.8 Å². The predicted molar refractivity (Wildman–Crippen MR) is 54.6 cm³/mol. The van der Waals surface area contributed by atoms with E-state index in [4.69, 9.17) is 0 Å². The summed E-state index contributed by atoms with van der Waals surface area (Å²) in [6, 6.07) is 0.947. The summed E-state index contributed by atoms with van der Waals surface area (Å²) in [5.74, 6) is 3.26. The smallest absolute Gasteiger partial charge is 0.0138 e. The zero-order chi connectivity index (χ0) is 8.67. The van der Waals surface area contributed by atoms with Crippen LogP contribution < -0.4 is 5.32 Å². The van der Waals surface area contributed by atoms with Gasteiger partial charge in [0.2, 0.25) is 0 Å². The van der Waals surface area contributed by atoms with Crippen molar-refractivity contribution in [1.82, 2.24) is 5.32 Å². The second-order valence-corrected chi connectivity index (χ2v) is 5.33. The van der Waals surface area contributed by atoms with Gasteiger partial charge in [0, 0.05) is 6.04 Å². The van der Waals surface area contributed by atoms with Crippen LogP contribution in [0.4, 0.5) is 0 Å². The molecular weight excluding hydrogens is 158 g/mol. The van der Waals surface area contributed by atoms with E-state index < -0.39 is 0 Å². The first-order valence-corrected chi connectivity index (χ1v) is 6.18. The van der Waals surface area contributed by atoms with Gasteiger partial charge in [-0.3, -0.25) is 0 Å². The third kappa shape index (κ3) is 1.52. The maximum absolute atomic E-state index is 3.65. The van der Waals surface area contributed by atoms with E-state index in [1.54, 1.807) is 0 Å². The lowest BCUT2D eigenvalue weighted by molar-refractivity contribution is 0.107. The Hall–Kier alpha value is -0.0400. The van der Waals surface area contributed by atoms with Crippen molar-refractivity contribution in [3.8, 4) is 0 Å². The van der Waals surface area contributed by atoms with Gasteiger partial charge in [-0.05, 0) is 37.1 Å². The molecule has 2 saturated carbocycles. The molecule has 13 heavy (non-hydrogen) atoms. The molecule has 0 radical (unpaired) electrons. The molecular formula is C12H21N. The third-order valence-corrected chi connectivity index (χ3v) is 4.44. The summed E-state index contributed by atoms with van der Waals surface area (Å²) >= 11 is 0. The lowest BCUT2D eigenvalue weighted by Gasteiger charge is -2.45. The molecule has 1 N–H and O–H groups in total. The van der Waals surface area contributed by atoms with Crippen molar-refractivity contribution >= 4 is 0 Å². The van der Waals surface area contributed by atoms with Crippen molar-refractivity contribution in [2.24, 2.45) is 17.8 Å². The molecule has 3 fully saturated rings. The summed E-state index contributed by atoms with van der Waals surface area (Å²) in [5.41, 5.74) is 0. The van der Waals surface area contributed by atoms with Gasteiger partial charge in [-0.25, -0.2) is 0 Å². The summed E-state index contributed by atoms with van der Waals surface area (Å²) in [6.07, 6.45) is 10.6. The molecule has 2 atom stereocenters. The minimum atomic E-state index is 0.947. The highest BCUT2D eigenvalue weighted by molar-refractivity contribution is 5.00. The van der Waals surface area contributed by atoms with Crippen LogP contribution in [0.15, 0.2) is 0 Å². The molecule has 3 rings (SSSR count). The molecule has 2 unspecified atom stereocenters. The Morgan fingerprint density at radius 2 is 1.54 bits per heavy atom. The third-order valence-electron chi connectivity index (χ3n) is 4.44. The van der Waals surface area contributed by atoms with Crippen molar-refractivity contribution in [3.05, 3.63) is 0 Å². The summed E-state index contributed by atoms with van der Waals surface area (Å²) in [4.78, 5) is 0. The van der Waals surface area contributed by atoms with Crippen molar-refractivity contribution in [1.29, 1.82) is 0 Å². The Balaban J connectivity index is 1.57. The number of hydrogen-bond acceptors (Lipinski definition) is 1. The molecule has 0 aromatic heterocycles. The first-order chi connectivity index (χ1) is 6.45. The zero-order valence-electron chi connectivity index (χ0n) is 8.47. The molecule has 1 heterocycles. The van der Waals surface area contributed by atoms with Gasteiger partial charge in [0.15, 0.2) is 0 Å². The van der Waals surface area contributed by atoms with Gasteiger partial charge >= 0.3 is 0 Å². The number of nitrogens with one attached hydrogen (secondary N) is 1. The summed E-state index contributed by atoms with van der Waals surface area (Å²) in [5, 5.41) is 3.65. The van der Waals surface area contributed by atoms with E-state index in [9.17, 15) is 0 Å². The molecule has 1 nitrogen and oxygen atoms in total. The van der Waals surface area contributed by atoms with Crippen LogP contribution in [0.25, 0.3) is 0 Å². The highest BCUT2D eigenvalue weighted by Gasteiger charge is 2.44. The Morgan fingerprint density at radius 1 is 0.769 bits per heavy atom. The topological polar surface area (TPSA) is 12.0 Å². The van der Waals surface area contributed by atoms with Crippen molar-refractivity contribution in [2.45, 2.75) is 51.0 Å². The molecule has 1 heteroatoms. The van der Waals surface area contributed by atoms with Crippen LogP contribution in [-0.2, 0) is 0 Å². The van der Waals surface area contributed by atoms with Gasteiger partial charge in [0.1, 0.15) is 0 Å². The van der Waals surface area contributed by atoms with Crippen LogP contribution in [0.5, 0.6) is 0 Å². The van der Waals surface area contributed by atoms with Crippen LogP contribution in [0.2, 0.25) is 0 Å². The second kappa shape index (κ2) is 3.27. The standard InChI is InChI=1S/C12H21N/c1-2-4-9(5-3-1)11-8-13-12(11)10-6-7-10/h9-13H,1-8H2. The van der Waals surface area contributed by atoms with Crippen molar-refractivity contribution < 1.29 is 0 Å². The molecule has 0 amide bonds. The molecule has 3 aliphatic rings. The van der Waals surface area contributed by atoms with Gasteiger partial charge in [0.25, 0.3) is 0 Å². The first-order valence-electron chi connectivity index (χ1n) is 6.18. The molecule has 1 aliphatic heterocycles. The summed E-state index contributed by atoms with van der Waals surface area (Å²) < 4.78 is 0. The molecule has 0 aromatic carbocycles. The van der Waals surface area contributed by atoms with E-state index in [-0.39, 0.29) is 0 Å². The molecule has 0 aromatic rings. The largest absolute Gasteiger partial charge is 0.313 e. The lowest BCUT2D eigenvalue weighted by Crippen LogP contribution is -2.57. The van der Waals surface area contributed by atoms with Gasteiger partial charge < -0.3 is 5.32 Å². The normalized spacial score (nSPS) is 41.5. The Bertz CT molecular complexity index is 180. The summed E-state index contributed by atoms with van der Waals surface area (Å²) in [6.45, 7) is 1.34. The molecule has 2 aliphatic carbocycles. The SMILES string of the molecule is C1CCC(C2CNC2C2CC2)CC1. The van der Waals surface area contributed by atoms with Gasteiger partial charge in [-0.15, -0.1) is 0 Å².